The molecule has 1 saturated heterocycles. The van der Waals surface area contributed by atoms with Gasteiger partial charge in [-0.15, -0.1) is 24.0 Å². The Balaban J connectivity index is 0.00000341. The number of amides is 1. The van der Waals surface area contributed by atoms with Crippen LogP contribution in [0.4, 0.5) is 5.69 Å². The molecule has 0 saturated carbocycles. The van der Waals surface area contributed by atoms with Crippen molar-refractivity contribution >= 4 is 47.5 Å². The van der Waals surface area contributed by atoms with E-state index in [-0.39, 0.29) is 53.4 Å². The minimum Gasteiger partial charge on any atom is -0.469 e. The highest BCUT2D eigenvalue weighted by molar-refractivity contribution is 14.0. The van der Waals surface area contributed by atoms with Gasteiger partial charge < -0.3 is 24.7 Å². The van der Waals surface area contributed by atoms with Crippen molar-refractivity contribution in [2.45, 2.75) is 20.4 Å². The molecule has 2 aromatic rings. The summed E-state index contributed by atoms with van der Waals surface area (Å²) in [5, 5.41) is 6.12. The molecule has 3 rings (SSSR count). The van der Waals surface area contributed by atoms with Crippen molar-refractivity contribution in [2.75, 3.05) is 32.1 Å². The van der Waals surface area contributed by atoms with E-state index in [4.69, 9.17) is 14.1 Å². The van der Waals surface area contributed by atoms with Crippen LogP contribution in [0.2, 0.25) is 0 Å². The number of furan rings is 1. The number of likely N-dealkylation sites (tertiary alicyclic amines) is 1. The quantitative estimate of drug-likeness (QED) is 0.253. The first kappa shape index (κ1) is 24.7. The van der Waals surface area contributed by atoms with Crippen molar-refractivity contribution < 1.29 is 18.7 Å². The maximum atomic E-state index is 12.2. The van der Waals surface area contributed by atoms with Crippen LogP contribution in [-0.2, 0) is 16.1 Å². The molecule has 1 aromatic heterocycles. The number of halogens is 1. The van der Waals surface area contributed by atoms with E-state index in [2.05, 4.69) is 22.5 Å². The Hall–Kier alpha value is -2.56. The first-order valence-corrected chi connectivity index (χ1v) is 10.1. The number of aliphatic imine (C=N–C) groups is 1. The summed E-state index contributed by atoms with van der Waals surface area (Å²) < 4.78 is 10.0. The molecule has 8 nitrogen and oxygen atoms in total. The van der Waals surface area contributed by atoms with E-state index in [9.17, 15) is 9.59 Å². The van der Waals surface area contributed by atoms with Crippen LogP contribution < -0.4 is 10.6 Å². The Morgan fingerprint density at radius 1 is 1.26 bits per heavy atom. The summed E-state index contributed by atoms with van der Waals surface area (Å²) in [5.41, 5.74) is 1.63. The summed E-state index contributed by atoms with van der Waals surface area (Å²) in [6.07, 6.45) is 1.46. The summed E-state index contributed by atoms with van der Waals surface area (Å²) in [4.78, 5) is 31.0. The molecule has 168 valence electrons. The molecule has 2 atom stereocenters. The number of hydrogen-bond acceptors (Lipinski definition) is 5. The molecule has 2 unspecified atom stereocenters. The number of carbonyl (C=O) groups is 2. The molecular weight excluding hydrogens is 511 g/mol. The Morgan fingerprint density at radius 2 is 2.06 bits per heavy atom. The van der Waals surface area contributed by atoms with Crippen LogP contribution in [0.25, 0.3) is 0 Å². The SMILES string of the molecule is CCNC(=NCc1cccc(NC(=O)c2ccco2)c1)N1CC(C)C(C(=O)OC)C1.I. The number of guanidine groups is 1. The lowest BCUT2D eigenvalue weighted by Crippen LogP contribution is -2.40. The number of benzene rings is 1. The predicted octanol–water partition coefficient (Wildman–Crippen LogP) is 3.36. The fourth-order valence-corrected chi connectivity index (χ4v) is 3.54. The third-order valence-electron chi connectivity index (χ3n) is 5.09. The third kappa shape index (κ3) is 6.46. The maximum Gasteiger partial charge on any atom is 0.310 e. The van der Waals surface area contributed by atoms with Gasteiger partial charge in [-0.2, -0.15) is 0 Å². The van der Waals surface area contributed by atoms with Gasteiger partial charge >= 0.3 is 5.97 Å². The average Bonchev–Trinajstić information content (AvgIpc) is 3.41. The summed E-state index contributed by atoms with van der Waals surface area (Å²) in [7, 11) is 1.43. The molecule has 9 heteroatoms. The van der Waals surface area contributed by atoms with Gasteiger partial charge in [0, 0.05) is 25.3 Å². The zero-order valence-electron chi connectivity index (χ0n) is 18.0. The van der Waals surface area contributed by atoms with E-state index in [0.29, 0.717) is 18.8 Å². The number of nitrogens with zero attached hydrogens (tertiary/aromatic N) is 2. The number of methoxy groups -OCH3 is 1. The molecule has 0 spiro atoms. The molecule has 2 heterocycles. The van der Waals surface area contributed by atoms with Gasteiger partial charge in [-0.1, -0.05) is 19.1 Å². The first-order valence-electron chi connectivity index (χ1n) is 10.1. The normalized spacial score (nSPS) is 18.3. The number of anilines is 1. The first-order chi connectivity index (χ1) is 14.5. The molecule has 2 N–H and O–H groups in total. The number of nitrogens with one attached hydrogen (secondary N) is 2. The van der Waals surface area contributed by atoms with Gasteiger partial charge in [0.2, 0.25) is 0 Å². The molecule has 0 radical (unpaired) electrons. The van der Waals surface area contributed by atoms with E-state index in [0.717, 1.165) is 24.6 Å². The van der Waals surface area contributed by atoms with Gasteiger partial charge in [-0.05, 0) is 42.7 Å². The van der Waals surface area contributed by atoms with Gasteiger partial charge in [-0.25, -0.2) is 4.99 Å². The monoisotopic (exact) mass is 540 g/mol. The second kappa shape index (κ2) is 11.7. The molecule has 31 heavy (non-hydrogen) atoms. The average molecular weight is 540 g/mol. The fourth-order valence-electron chi connectivity index (χ4n) is 3.54. The smallest absolute Gasteiger partial charge is 0.310 e. The molecule has 1 amide bonds. The molecule has 1 aromatic carbocycles. The highest BCUT2D eigenvalue weighted by Gasteiger charge is 2.36. The molecule has 0 aliphatic carbocycles. The zero-order chi connectivity index (χ0) is 21.5. The van der Waals surface area contributed by atoms with E-state index in [1.807, 2.05) is 31.2 Å². The second-order valence-electron chi connectivity index (χ2n) is 7.31. The second-order valence-corrected chi connectivity index (χ2v) is 7.31. The summed E-state index contributed by atoms with van der Waals surface area (Å²) >= 11 is 0. The van der Waals surface area contributed by atoms with Crippen LogP contribution in [0.15, 0.2) is 52.1 Å². The minimum absolute atomic E-state index is 0. The largest absolute Gasteiger partial charge is 0.469 e. The molecule has 1 aliphatic heterocycles. The van der Waals surface area contributed by atoms with Gasteiger partial charge in [0.25, 0.3) is 5.91 Å². The molecule has 1 fully saturated rings. The van der Waals surface area contributed by atoms with Crippen LogP contribution in [0, 0.1) is 11.8 Å². The third-order valence-corrected chi connectivity index (χ3v) is 5.09. The van der Waals surface area contributed by atoms with Crippen molar-refractivity contribution in [3.05, 3.63) is 54.0 Å². The van der Waals surface area contributed by atoms with Crippen LogP contribution >= 0.6 is 24.0 Å². The van der Waals surface area contributed by atoms with E-state index in [1.165, 1.54) is 13.4 Å². The number of carbonyl (C=O) groups excluding carboxylic acids is 2. The van der Waals surface area contributed by atoms with Crippen molar-refractivity contribution in [3.63, 3.8) is 0 Å². The van der Waals surface area contributed by atoms with Crippen molar-refractivity contribution in [2.24, 2.45) is 16.8 Å². The highest BCUT2D eigenvalue weighted by atomic mass is 127. The van der Waals surface area contributed by atoms with Crippen LogP contribution in [-0.4, -0.2) is 49.5 Å². The summed E-state index contributed by atoms with van der Waals surface area (Å²) in [6, 6.07) is 10.8. The number of hydrogen-bond donors (Lipinski definition) is 2. The topological polar surface area (TPSA) is 96.2 Å². The molecule has 0 bridgehead atoms. The van der Waals surface area contributed by atoms with E-state index in [1.54, 1.807) is 12.1 Å². The Labute approximate surface area is 199 Å². The minimum atomic E-state index is -0.297. The Kier molecular flexibility index (Phi) is 9.35. The predicted molar refractivity (Wildman–Crippen MR) is 130 cm³/mol. The maximum absolute atomic E-state index is 12.2. The standard InChI is InChI=1S/C22H28N4O4.HI/c1-4-23-22(26-13-15(2)18(14-26)21(28)29-3)24-12-16-7-5-8-17(11-16)25-20(27)19-9-6-10-30-19;/h5-11,15,18H,4,12-14H2,1-3H3,(H,23,24)(H,25,27);1H. The summed E-state index contributed by atoms with van der Waals surface area (Å²) in [5.74, 6) is 0.590. The zero-order valence-corrected chi connectivity index (χ0v) is 20.3. The Morgan fingerprint density at radius 3 is 2.74 bits per heavy atom. The number of ether oxygens (including phenoxy) is 1. The fraction of sp³-hybridized carbons (Fsp3) is 0.409. The van der Waals surface area contributed by atoms with Gasteiger partial charge in [-0.3, -0.25) is 9.59 Å². The lowest BCUT2D eigenvalue weighted by Gasteiger charge is -2.21. The van der Waals surface area contributed by atoms with E-state index >= 15 is 0 Å². The Bertz CT molecular complexity index is 901. The van der Waals surface area contributed by atoms with Crippen molar-refractivity contribution in [3.8, 4) is 0 Å². The van der Waals surface area contributed by atoms with Crippen LogP contribution in [0.5, 0.6) is 0 Å². The van der Waals surface area contributed by atoms with Crippen molar-refractivity contribution in [1.29, 1.82) is 0 Å². The van der Waals surface area contributed by atoms with Gasteiger partial charge in [0.1, 0.15) is 0 Å². The lowest BCUT2D eigenvalue weighted by atomic mass is 9.99. The summed E-state index contributed by atoms with van der Waals surface area (Å²) in [6.45, 7) is 6.56. The van der Waals surface area contributed by atoms with E-state index < -0.39 is 0 Å². The highest BCUT2D eigenvalue weighted by Crippen LogP contribution is 2.24. The van der Waals surface area contributed by atoms with Gasteiger partial charge in [0.05, 0.1) is 25.8 Å². The van der Waals surface area contributed by atoms with Crippen molar-refractivity contribution in [1.82, 2.24) is 10.2 Å². The van der Waals surface area contributed by atoms with Gasteiger partial charge in [0.15, 0.2) is 11.7 Å². The number of rotatable bonds is 6. The van der Waals surface area contributed by atoms with Crippen LogP contribution in [0.3, 0.4) is 0 Å². The molecule has 1 aliphatic rings. The lowest BCUT2D eigenvalue weighted by molar-refractivity contribution is -0.145. The van der Waals surface area contributed by atoms with Crippen LogP contribution in [0.1, 0.15) is 30.0 Å². The number of esters is 1. The molecular formula is C22H29IN4O4.